The molecular weight excluding hydrogens is 240 g/mol. The smallest absolute Gasteiger partial charge is 0.305 e. The molecule has 4 nitrogen and oxygen atoms in total. The summed E-state index contributed by atoms with van der Waals surface area (Å²) in [5.74, 6) is 0.0542. The molecule has 1 aromatic carbocycles. The Labute approximate surface area is 112 Å². The minimum absolute atomic E-state index is 0.115. The van der Waals surface area contributed by atoms with Crippen LogP contribution in [0.1, 0.15) is 23.4 Å². The summed E-state index contributed by atoms with van der Waals surface area (Å²) in [5, 5.41) is 8.74. The number of imidazole rings is 1. The van der Waals surface area contributed by atoms with Gasteiger partial charge in [0.05, 0.1) is 12.1 Å². The lowest BCUT2D eigenvalue weighted by molar-refractivity contribution is -0.137. The van der Waals surface area contributed by atoms with Gasteiger partial charge in [0, 0.05) is 18.3 Å². The van der Waals surface area contributed by atoms with Crippen LogP contribution in [0, 0.1) is 20.8 Å². The highest BCUT2D eigenvalue weighted by Crippen LogP contribution is 2.24. The molecule has 0 saturated carbocycles. The van der Waals surface area contributed by atoms with Crippen molar-refractivity contribution in [3.05, 3.63) is 41.3 Å². The van der Waals surface area contributed by atoms with E-state index in [2.05, 4.69) is 37.0 Å². The number of carboxylic acids is 1. The molecule has 0 spiro atoms. The standard InChI is InChI=1S/C15H18N2O2/c1-10-4-5-11(2)13(8-10)14-9-17(12(3)16-14)7-6-15(18)19/h4-5,8-9H,6-7H2,1-3H3,(H,18,19). The molecule has 1 heterocycles. The quantitative estimate of drug-likeness (QED) is 0.917. The largest absolute Gasteiger partial charge is 0.481 e. The zero-order valence-corrected chi connectivity index (χ0v) is 11.5. The summed E-state index contributed by atoms with van der Waals surface area (Å²) in [4.78, 5) is 15.2. The van der Waals surface area contributed by atoms with Crippen LogP contribution in [0.15, 0.2) is 24.4 Å². The molecule has 0 fully saturated rings. The molecule has 0 radical (unpaired) electrons. The predicted molar refractivity (Wildman–Crippen MR) is 74.1 cm³/mol. The second-order valence-electron chi connectivity index (χ2n) is 4.83. The maximum absolute atomic E-state index is 10.6. The summed E-state index contributed by atoms with van der Waals surface area (Å²) in [6, 6.07) is 6.27. The van der Waals surface area contributed by atoms with Crippen molar-refractivity contribution >= 4 is 5.97 Å². The van der Waals surface area contributed by atoms with Crippen molar-refractivity contribution in [1.29, 1.82) is 0 Å². The molecule has 19 heavy (non-hydrogen) atoms. The number of benzene rings is 1. The van der Waals surface area contributed by atoms with E-state index in [1.54, 1.807) is 0 Å². The van der Waals surface area contributed by atoms with E-state index in [0.29, 0.717) is 6.54 Å². The van der Waals surface area contributed by atoms with Crippen LogP contribution in [0.4, 0.5) is 0 Å². The third-order valence-electron chi connectivity index (χ3n) is 3.21. The van der Waals surface area contributed by atoms with Crippen molar-refractivity contribution in [3.8, 4) is 11.3 Å². The fourth-order valence-corrected chi connectivity index (χ4v) is 2.09. The number of nitrogens with zero attached hydrogens (tertiary/aromatic N) is 2. The maximum Gasteiger partial charge on any atom is 0.305 e. The molecule has 0 saturated heterocycles. The van der Waals surface area contributed by atoms with Crippen LogP contribution in [0.2, 0.25) is 0 Å². The van der Waals surface area contributed by atoms with Gasteiger partial charge in [0.25, 0.3) is 0 Å². The van der Waals surface area contributed by atoms with E-state index >= 15 is 0 Å². The van der Waals surface area contributed by atoms with Gasteiger partial charge in [0.1, 0.15) is 5.82 Å². The molecule has 2 aromatic rings. The molecule has 1 N–H and O–H groups in total. The minimum Gasteiger partial charge on any atom is -0.481 e. The third kappa shape index (κ3) is 3.02. The van der Waals surface area contributed by atoms with Gasteiger partial charge in [-0.1, -0.05) is 17.7 Å². The zero-order valence-electron chi connectivity index (χ0n) is 11.5. The van der Waals surface area contributed by atoms with Gasteiger partial charge in [0.2, 0.25) is 0 Å². The van der Waals surface area contributed by atoms with E-state index in [-0.39, 0.29) is 6.42 Å². The first kappa shape index (κ1) is 13.3. The van der Waals surface area contributed by atoms with E-state index in [4.69, 9.17) is 5.11 Å². The van der Waals surface area contributed by atoms with Crippen LogP contribution < -0.4 is 0 Å². The second kappa shape index (κ2) is 5.26. The van der Waals surface area contributed by atoms with E-state index in [9.17, 15) is 4.79 Å². The van der Waals surface area contributed by atoms with Crippen LogP contribution in [0.3, 0.4) is 0 Å². The Morgan fingerprint density at radius 2 is 2.05 bits per heavy atom. The van der Waals surface area contributed by atoms with Crippen molar-refractivity contribution in [2.75, 3.05) is 0 Å². The summed E-state index contributed by atoms with van der Waals surface area (Å²) in [7, 11) is 0. The van der Waals surface area contributed by atoms with Gasteiger partial charge in [-0.2, -0.15) is 0 Å². The first-order chi connectivity index (χ1) is 8.97. The van der Waals surface area contributed by atoms with Gasteiger partial charge >= 0.3 is 5.97 Å². The number of aryl methyl sites for hydroxylation is 4. The Bertz CT molecular complexity index is 615. The average molecular weight is 258 g/mol. The van der Waals surface area contributed by atoms with E-state index in [0.717, 1.165) is 17.1 Å². The lowest BCUT2D eigenvalue weighted by Gasteiger charge is -2.03. The van der Waals surface area contributed by atoms with Crippen molar-refractivity contribution in [2.24, 2.45) is 0 Å². The predicted octanol–water partition coefficient (Wildman–Crippen LogP) is 2.95. The number of aliphatic carboxylic acids is 1. The summed E-state index contributed by atoms with van der Waals surface area (Å²) in [5.41, 5.74) is 4.38. The van der Waals surface area contributed by atoms with E-state index < -0.39 is 5.97 Å². The first-order valence-corrected chi connectivity index (χ1v) is 6.30. The van der Waals surface area contributed by atoms with Gasteiger partial charge in [-0.15, -0.1) is 0 Å². The van der Waals surface area contributed by atoms with Gasteiger partial charge < -0.3 is 9.67 Å². The van der Waals surface area contributed by atoms with Crippen LogP contribution in [-0.2, 0) is 11.3 Å². The Balaban J connectivity index is 2.33. The minimum atomic E-state index is -0.790. The Morgan fingerprint density at radius 1 is 1.32 bits per heavy atom. The molecule has 1 aromatic heterocycles. The van der Waals surface area contributed by atoms with Gasteiger partial charge in [-0.05, 0) is 32.4 Å². The van der Waals surface area contributed by atoms with Crippen molar-refractivity contribution in [2.45, 2.75) is 33.7 Å². The molecule has 0 aliphatic rings. The molecule has 0 aliphatic heterocycles. The molecule has 100 valence electrons. The van der Waals surface area contributed by atoms with Gasteiger partial charge in [0.15, 0.2) is 0 Å². The van der Waals surface area contributed by atoms with Gasteiger partial charge in [-0.25, -0.2) is 4.98 Å². The lowest BCUT2D eigenvalue weighted by Crippen LogP contribution is -2.04. The molecule has 2 rings (SSSR count). The number of aromatic nitrogens is 2. The van der Waals surface area contributed by atoms with E-state index in [1.165, 1.54) is 11.1 Å². The molecule has 0 amide bonds. The highest BCUT2D eigenvalue weighted by atomic mass is 16.4. The van der Waals surface area contributed by atoms with Crippen LogP contribution in [0.25, 0.3) is 11.3 Å². The topological polar surface area (TPSA) is 55.1 Å². The summed E-state index contributed by atoms with van der Waals surface area (Å²) >= 11 is 0. The highest BCUT2D eigenvalue weighted by Gasteiger charge is 2.09. The number of hydrogen-bond acceptors (Lipinski definition) is 2. The monoisotopic (exact) mass is 258 g/mol. The molecular formula is C15H18N2O2. The molecule has 0 aliphatic carbocycles. The Morgan fingerprint density at radius 3 is 2.74 bits per heavy atom. The third-order valence-corrected chi connectivity index (χ3v) is 3.21. The number of hydrogen-bond donors (Lipinski definition) is 1. The lowest BCUT2D eigenvalue weighted by atomic mass is 10.0. The molecule has 4 heteroatoms. The second-order valence-corrected chi connectivity index (χ2v) is 4.83. The normalized spacial score (nSPS) is 10.7. The SMILES string of the molecule is Cc1ccc(C)c(-c2cn(CCC(=O)O)c(C)n2)c1. The Kier molecular flexibility index (Phi) is 3.69. The van der Waals surface area contributed by atoms with Crippen molar-refractivity contribution in [1.82, 2.24) is 9.55 Å². The van der Waals surface area contributed by atoms with Crippen molar-refractivity contribution < 1.29 is 9.90 Å². The Hall–Kier alpha value is -2.10. The van der Waals surface area contributed by atoms with Crippen LogP contribution in [0.5, 0.6) is 0 Å². The summed E-state index contributed by atoms with van der Waals surface area (Å²) in [6.07, 6.45) is 2.05. The highest BCUT2D eigenvalue weighted by molar-refractivity contribution is 5.67. The fraction of sp³-hybridized carbons (Fsp3) is 0.333. The van der Waals surface area contributed by atoms with Crippen LogP contribution >= 0.6 is 0 Å². The van der Waals surface area contributed by atoms with Gasteiger partial charge in [-0.3, -0.25) is 4.79 Å². The molecule has 0 unspecified atom stereocenters. The first-order valence-electron chi connectivity index (χ1n) is 6.30. The van der Waals surface area contributed by atoms with E-state index in [1.807, 2.05) is 17.7 Å². The van der Waals surface area contributed by atoms with Crippen molar-refractivity contribution in [3.63, 3.8) is 0 Å². The zero-order chi connectivity index (χ0) is 14.0. The number of carboxylic acid groups (broad SMARTS) is 1. The maximum atomic E-state index is 10.6. The number of rotatable bonds is 4. The summed E-state index contributed by atoms with van der Waals surface area (Å²) in [6.45, 7) is 6.47. The summed E-state index contributed by atoms with van der Waals surface area (Å²) < 4.78 is 1.89. The average Bonchev–Trinajstić information content (AvgIpc) is 2.71. The van der Waals surface area contributed by atoms with Crippen LogP contribution in [-0.4, -0.2) is 20.6 Å². The fourth-order valence-electron chi connectivity index (χ4n) is 2.09. The molecule has 0 bridgehead atoms. The number of carbonyl (C=O) groups is 1. The molecule has 0 atom stereocenters.